The van der Waals surface area contributed by atoms with E-state index in [1.54, 1.807) is 37.4 Å². The van der Waals surface area contributed by atoms with Crippen LogP contribution >= 0.6 is 0 Å². The molecule has 0 aliphatic rings. The van der Waals surface area contributed by atoms with Gasteiger partial charge in [-0.25, -0.2) is 9.78 Å². The smallest absolute Gasteiger partial charge is 0.340 e. The second-order valence-electron chi connectivity index (χ2n) is 5.18. The highest BCUT2D eigenvalue weighted by molar-refractivity contribution is 6.08. The molecule has 0 fully saturated rings. The number of carbonyl (C=O) groups is 2. The number of ether oxygens (including phenoxy) is 1. The summed E-state index contributed by atoms with van der Waals surface area (Å²) < 4.78 is 6.46. The van der Waals surface area contributed by atoms with Crippen LogP contribution in [0.25, 0.3) is 11.0 Å². The zero-order valence-electron chi connectivity index (χ0n) is 12.9. The van der Waals surface area contributed by atoms with Crippen molar-refractivity contribution in [1.82, 2.24) is 9.55 Å². The number of aromatic nitrogens is 2. The molecule has 0 spiro atoms. The van der Waals surface area contributed by atoms with E-state index >= 15 is 0 Å². The lowest BCUT2D eigenvalue weighted by atomic mass is 10.1. The fraction of sp³-hybridized carbons (Fsp3) is 0.167. The van der Waals surface area contributed by atoms with Gasteiger partial charge in [0.05, 0.1) is 12.2 Å². The second-order valence-corrected chi connectivity index (χ2v) is 5.18. The number of hydrogen-bond donors (Lipinski definition) is 0. The van der Waals surface area contributed by atoms with E-state index in [0.717, 1.165) is 5.56 Å². The summed E-state index contributed by atoms with van der Waals surface area (Å²) in [6.45, 7) is 3.94. The van der Waals surface area contributed by atoms with Crippen molar-refractivity contribution >= 4 is 22.9 Å². The fourth-order valence-electron chi connectivity index (χ4n) is 2.50. The van der Waals surface area contributed by atoms with Crippen molar-refractivity contribution in [3.8, 4) is 0 Å². The summed E-state index contributed by atoms with van der Waals surface area (Å²) in [5.74, 6) is -0.686. The van der Waals surface area contributed by atoms with Gasteiger partial charge >= 0.3 is 5.97 Å². The standard InChI is InChI=1S/C18H16N2O3/c1-3-23-18(22)15-11-20(16-14(15)8-5-9-19-16)17(21)13-7-4-6-12(2)10-13/h4-11H,3H2,1-2H3. The Hall–Kier alpha value is -2.95. The second kappa shape index (κ2) is 6.04. The van der Waals surface area contributed by atoms with Crippen LogP contribution in [0.15, 0.2) is 48.8 Å². The van der Waals surface area contributed by atoms with E-state index in [1.165, 1.54) is 10.8 Å². The molecule has 116 valence electrons. The van der Waals surface area contributed by atoms with Crippen molar-refractivity contribution in [3.05, 3.63) is 65.5 Å². The van der Waals surface area contributed by atoms with Gasteiger partial charge in [-0.2, -0.15) is 0 Å². The number of pyridine rings is 1. The Morgan fingerprint density at radius 2 is 2.04 bits per heavy atom. The molecule has 23 heavy (non-hydrogen) atoms. The molecule has 3 aromatic rings. The molecule has 0 aliphatic carbocycles. The number of hydrogen-bond acceptors (Lipinski definition) is 4. The van der Waals surface area contributed by atoms with E-state index in [4.69, 9.17) is 4.74 Å². The van der Waals surface area contributed by atoms with E-state index in [-0.39, 0.29) is 12.5 Å². The Bertz CT molecular complexity index is 896. The van der Waals surface area contributed by atoms with Gasteiger partial charge in [0.15, 0.2) is 0 Å². The summed E-state index contributed by atoms with van der Waals surface area (Å²) in [4.78, 5) is 29.1. The quantitative estimate of drug-likeness (QED) is 0.697. The molecule has 5 nitrogen and oxygen atoms in total. The van der Waals surface area contributed by atoms with Crippen LogP contribution in [0.5, 0.6) is 0 Å². The van der Waals surface area contributed by atoms with Crippen LogP contribution in [0.2, 0.25) is 0 Å². The average molecular weight is 308 g/mol. The van der Waals surface area contributed by atoms with Crippen LogP contribution in [0.1, 0.15) is 33.2 Å². The minimum atomic E-state index is -0.457. The van der Waals surface area contributed by atoms with Crippen molar-refractivity contribution in [1.29, 1.82) is 0 Å². The first-order valence-corrected chi connectivity index (χ1v) is 7.36. The predicted octanol–water partition coefficient (Wildman–Crippen LogP) is 3.21. The van der Waals surface area contributed by atoms with Gasteiger partial charge in [-0.1, -0.05) is 17.7 Å². The van der Waals surface area contributed by atoms with Crippen LogP contribution in [0.3, 0.4) is 0 Å². The van der Waals surface area contributed by atoms with Crippen LogP contribution < -0.4 is 0 Å². The van der Waals surface area contributed by atoms with E-state index in [2.05, 4.69) is 4.98 Å². The first-order valence-electron chi connectivity index (χ1n) is 7.36. The molecule has 3 rings (SSSR count). The molecule has 0 bridgehead atoms. The summed E-state index contributed by atoms with van der Waals surface area (Å²) in [6, 6.07) is 10.8. The molecule has 0 aliphatic heterocycles. The number of nitrogens with zero attached hydrogens (tertiary/aromatic N) is 2. The highest BCUT2D eigenvalue weighted by Gasteiger charge is 2.20. The molecule has 0 atom stereocenters. The third kappa shape index (κ3) is 2.73. The van der Waals surface area contributed by atoms with Gasteiger partial charge in [0.1, 0.15) is 5.65 Å². The molecule has 0 amide bonds. The highest BCUT2D eigenvalue weighted by atomic mass is 16.5. The Morgan fingerprint density at radius 3 is 2.78 bits per heavy atom. The molecule has 1 aromatic carbocycles. The van der Waals surface area contributed by atoms with Gasteiger partial charge in [0, 0.05) is 23.3 Å². The zero-order valence-corrected chi connectivity index (χ0v) is 12.9. The summed E-state index contributed by atoms with van der Waals surface area (Å²) >= 11 is 0. The van der Waals surface area contributed by atoms with Crippen molar-refractivity contribution in [3.63, 3.8) is 0 Å². The number of aryl methyl sites for hydroxylation is 1. The first-order chi connectivity index (χ1) is 11.1. The third-order valence-electron chi connectivity index (χ3n) is 3.54. The van der Waals surface area contributed by atoms with Crippen LogP contribution in [0, 0.1) is 6.92 Å². The van der Waals surface area contributed by atoms with Crippen LogP contribution in [-0.4, -0.2) is 28.0 Å². The summed E-state index contributed by atoms with van der Waals surface area (Å²) in [6.07, 6.45) is 3.09. The van der Waals surface area contributed by atoms with Crippen LogP contribution in [-0.2, 0) is 4.74 Å². The van der Waals surface area contributed by atoms with Crippen molar-refractivity contribution in [2.45, 2.75) is 13.8 Å². The SMILES string of the molecule is CCOC(=O)c1cn(C(=O)c2cccc(C)c2)c2ncccc12. The van der Waals surface area contributed by atoms with Gasteiger partial charge < -0.3 is 4.74 Å². The number of benzene rings is 1. The molecule has 2 heterocycles. The molecule has 0 N–H and O–H groups in total. The largest absolute Gasteiger partial charge is 0.462 e. The molecule has 0 unspecified atom stereocenters. The summed E-state index contributed by atoms with van der Waals surface area (Å²) in [7, 11) is 0. The number of carbonyl (C=O) groups excluding carboxylic acids is 2. The van der Waals surface area contributed by atoms with Crippen molar-refractivity contribution in [2.75, 3.05) is 6.61 Å². The zero-order chi connectivity index (χ0) is 16.4. The number of rotatable bonds is 3. The third-order valence-corrected chi connectivity index (χ3v) is 3.54. The average Bonchev–Trinajstić information content (AvgIpc) is 2.94. The fourth-order valence-corrected chi connectivity index (χ4v) is 2.50. The molecular formula is C18H16N2O3. The predicted molar refractivity (Wildman–Crippen MR) is 86.6 cm³/mol. The lowest BCUT2D eigenvalue weighted by Crippen LogP contribution is -2.12. The highest BCUT2D eigenvalue weighted by Crippen LogP contribution is 2.21. The minimum absolute atomic E-state index is 0.229. The van der Waals surface area contributed by atoms with Crippen molar-refractivity contribution < 1.29 is 14.3 Å². The maximum absolute atomic E-state index is 12.8. The maximum Gasteiger partial charge on any atom is 0.340 e. The van der Waals surface area contributed by atoms with E-state index in [0.29, 0.717) is 22.2 Å². The molecule has 0 saturated carbocycles. The Kier molecular flexibility index (Phi) is 3.93. The normalized spacial score (nSPS) is 10.7. The topological polar surface area (TPSA) is 61.2 Å². The van der Waals surface area contributed by atoms with Gasteiger partial charge in [-0.05, 0) is 38.1 Å². The summed E-state index contributed by atoms with van der Waals surface area (Å²) in [5, 5.41) is 0.604. The summed E-state index contributed by atoms with van der Waals surface area (Å²) in [5.41, 5.74) is 2.33. The lowest BCUT2D eigenvalue weighted by molar-refractivity contribution is 0.0528. The van der Waals surface area contributed by atoms with E-state index in [1.807, 2.05) is 19.1 Å². The number of esters is 1. The minimum Gasteiger partial charge on any atom is -0.462 e. The Labute approximate surface area is 133 Å². The van der Waals surface area contributed by atoms with Gasteiger partial charge in [-0.3, -0.25) is 9.36 Å². The van der Waals surface area contributed by atoms with Gasteiger partial charge in [0.25, 0.3) is 5.91 Å². The maximum atomic E-state index is 12.8. The molecule has 5 heteroatoms. The van der Waals surface area contributed by atoms with Crippen LogP contribution in [0.4, 0.5) is 0 Å². The first kappa shape index (κ1) is 15.0. The number of fused-ring (bicyclic) bond motifs is 1. The lowest BCUT2D eigenvalue weighted by Gasteiger charge is -2.04. The van der Waals surface area contributed by atoms with Gasteiger partial charge in [-0.15, -0.1) is 0 Å². The van der Waals surface area contributed by atoms with E-state index in [9.17, 15) is 9.59 Å². The molecule has 2 aromatic heterocycles. The molecule has 0 saturated heterocycles. The Morgan fingerprint density at radius 1 is 1.22 bits per heavy atom. The molecular weight excluding hydrogens is 292 g/mol. The monoisotopic (exact) mass is 308 g/mol. The van der Waals surface area contributed by atoms with Gasteiger partial charge in [0.2, 0.25) is 0 Å². The van der Waals surface area contributed by atoms with Crippen molar-refractivity contribution in [2.24, 2.45) is 0 Å². The van der Waals surface area contributed by atoms with E-state index < -0.39 is 5.97 Å². The Balaban J connectivity index is 2.14. The molecule has 0 radical (unpaired) electrons.